The number of hydrogen-bond acceptors (Lipinski definition) is 5. The second kappa shape index (κ2) is 6.84. The molecule has 1 aromatic carbocycles. The van der Waals surface area contributed by atoms with Gasteiger partial charge in [-0.1, -0.05) is 11.2 Å². The Morgan fingerprint density at radius 1 is 1.45 bits per heavy atom. The van der Waals surface area contributed by atoms with Crippen molar-refractivity contribution in [3.05, 3.63) is 41.3 Å². The number of hydrogen-bond donors (Lipinski definition) is 2. The molecule has 0 unspecified atom stereocenters. The molecule has 0 aliphatic rings. The lowest BCUT2D eigenvalue weighted by atomic mass is 10.2. The normalized spacial score (nSPS) is 10.3. The molecule has 0 aliphatic heterocycles. The van der Waals surface area contributed by atoms with Crippen molar-refractivity contribution in [3.63, 3.8) is 0 Å². The molecule has 2 amide bonds. The van der Waals surface area contributed by atoms with Crippen LogP contribution in [0.25, 0.3) is 0 Å². The van der Waals surface area contributed by atoms with E-state index in [0.29, 0.717) is 30.3 Å². The number of urea groups is 1. The van der Waals surface area contributed by atoms with Crippen LogP contribution in [0.3, 0.4) is 0 Å². The lowest BCUT2D eigenvalue weighted by Crippen LogP contribution is -2.36. The number of aryl methyl sites for hydroxylation is 1. The van der Waals surface area contributed by atoms with Gasteiger partial charge >= 0.3 is 6.03 Å². The molecule has 1 heterocycles. The highest BCUT2D eigenvalue weighted by Gasteiger charge is 2.11. The van der Waals surface area contributed by atoms with E-state index >= 15 is 0 Å². The van der Waals surface area contributed by atoms with Gasteiger partial charge in [0.2, 0.25) is 0 Å². The summed E-state index contributed by atoms with van der Waals surface area (Å²) in [4.78, 5) is 13.5. The number of amides is 2. The summed E-state index contributed by atoms with van der Waals surface area (Å²) in [5.41, 5.74) is 1.47. The van der Waals surface area contributed by atoms with E-state index in [1.165, 1.54) is 12.0 Å². The highest BCUT2D eigenvalue weighted by Crippen LogP contribution is 2.26. The van der Waals surface area contributed by atoms with E-state index in [2.05, 4.69) is 10.5 Å². The van der Waals surface area contributed by atoms with Gasteiger partial charge in [-0.05, 0) is 24.6 Å². The lowest BCUT2D eigenvalue weighted by molar-refractivity contribution is 0.205. The van der Waals surface area contributed by atoms with Crippen molar-refractivity contribution in [1.82, 2.24) is 15.4 Å². The third-order valence-corrected chi connectivity index (χ3v) is 3.11. The number of carbonyl (C=O) groups is 1. The SMILES string of the molecule is COc1ccc(CNC(=O)N(C)Cc2cc(C)on2)cc1O. The Morgan fingerprint density at radius 3 is 2.82 bits per heavy atom. The van der Waals surface area contributed by atoms with Crippen LogP contribution in [0.1, 0.15) is 17.0 Å². The Kier molecular flexibility index (Phi) is 4.88. The molecule has 7 nitrogen and oxygen atoms in total. The molecule has 0 atom stereocenters. The average molecular weight is 305 g/mol. The van der Waals surface area contributed by atoms with Crippen molar-refractivity contribution >= 4 is 6.03 Å². The molecule has 0 saturated carbocycles. The first-order valence-electron chi connectivity index (χ1n) is 6.76. The molecule has 22 heavy (non-hydrogen) atoms. The van der Waals surface area contributed by atoms with E-state index in [0.717, 1.165) is 5.56 Å². The minimum Gasteiger partial charge on any atom is -0.504 e. The maximum atomic E-state index is 12.0. The van der Waals surface area contributed by atoms with Gasteiger partial charge in [0.05, 0.1) is 13.7 Å². The van der Waals surface area contributed by atoms with Gasteiger partial charge in [0, 0.05) is 19.7 Å². The molecule has 0 fully saturated rings. The summed E-state index contributed by atoms with van der Waals surface area (Å²) >= 11 is 0. The van der Waals surface area contributed by atoms with Crippen LogP contribution >= 0.6 is 0 Å². The number of ether oxygens (including phenoxy) is 1. The fraction of sp³-hybridized carbons (Fsp3) is 0.333. The third kappa shape index (κ3) is 3.91. The first-order chi connectivity index (χ1) is 10.5. The zero-order valence-electron chi connectivity index (χ0n) is 12.8. The predicted molar refractivity (Wildman–Crippen MR) is 79.6 cm³/mol. The zero-order chi connectivity index (χ0) is 16.1. The van der Waals surface area contributed by atoms with Crippen LogP contribution < -0.4 is 10.1 Å². The zero-order valence-corrected chi connectivity index (χ0v) is 12.8. The van der Waals surface area contributed by atoms with E-state index in [-0.39, 0.29) is 11.8 Å². The van der Waals surface area contributed by atoms with Crippen LogP contribution in [0, 0.1) is 6.92 Å². The van der Waals surface area contributed by atoms with E-state index in [1.54, 1.807) is 38.2 Å². The van der Waals surface area contributed by atoms with E-state index < -0.39 is 0 Å². The monoisotopic (exact) mass is 305 g/mol. The maximum Gasteiger partial charge on any atom is 0.317 e. The van der Waals surface area contributed by atoms with Crippen molar-refractivity contribution in [1.29, 1.82) is 0 Å². The Morgan fingerprint density at radius 2 is 2.23 bits per heavy atom. The Hall–Kier alpha value is -2.70. The fourth-order valence-electron chi connectivity index (χ4n) is 1.97. The summed E-state index contributed by atoms with van der Waals surface area (Å²) in [6, 6.07) is 6.53. The lowest BCUT2D eigenvalue weighted by Gasteiger charge is -2.16. The maximum absolute atomic E-state index is 12.0. The summed E-state index contributed by atoms with van der Waals surface area (Å²) in [6.07, 6.45) is 0. The standard InChI is InChI=1S/C15H19N3O4/c1-10-6-12(17-22-10)9-18(2)15(20)16-8-11-4-5-14(21-3)13(19)7-11/h4-7,19H,8-9H2,1-3H3,(H,16,20). The van der Waals surface area contributed by atoms with Crippen molar-refractivity contribution in [3.8, 4) is 11.5 Å². The van der Waals surface area contributed by atoms with Crippen LogP contribution in [0.15, 0.2) is 28.8 Å². The Labute approximate surface area is 128 Å². The van der Waals surface area contributed by atoms with Gasteiger partial charge in [0.15, 0.2) is 11.5 Å². The minimum atomic E-state index is -0.240. The largest absolute Gasteiger partial charge is 0.504 e. The van der Waals surface area contributed by atoms with Crippen LogP contribution in [-0.2, 0) is 13.1 Å². The number of carbonyl (C=O) groups excluding carboxylic acids is 1. The van der Waals surface area contributed by atoms with Crippen molar-refractivity contribution in [2.24, 2.45) is 0 Å². The van der Waals surface area contributed by atoms with Gasteiger partial charge in [-0.15, -0.1) is 0 Å². The second-order valence-electron chi connectivity index (χ2n) is 4.95. The van der Waals surface area contributed by atoms with Gasteiger partial charge in [0.25, 0.3) is 0 Å². The quantitative estimate of drug-likeness (QED) is 0.882. The Bertz CT molecular complexity index is 654. The highest BCUT2D eigenvalue weighted by molar-refractivity contribution is 5.73. The first kappa shape index (κ1) is 15.7. The highest BCUT2D eigenvalue weighted by atomic mass is 16.5. The number of nitrogens with one attached hydrogen (secondary N) is 1. The van der Waals surface area contributed by atoms with Gasteiger partial charge < -0.3 is 24.6 Å². The molecular formula is C15H19N3O4. The van der Waals surface area contributed by atoms with E-state index in [4.69, 9.17) is 9.26 Å². The van der Waals surface area contributed by atoms with Crippen molar-refractivity contribution < 1.29 is 19.2 Å². The molecule has 2 rings (SSSR count). The molecule has 0 spiro atoms. The molecule has 2 aromatic rings. The van der Waals surface area contributed by atoms with Crippen LogP contribution in [-0.4, -0.2) is 35.4 Å². The van der Waals surface area contributed by atoms with Gasteiger partial charge in [-0.25, -0.2) is 4.79 Å². The third-order valence-electron chi connectivity index (χ3n) is 3.11. The predicted octanol–water partition coefficient (Wildman–Crippen LogP) is 2.04. The number of aromatic nitrogens is 1. The number of benzene rings is 1. The molecule has 1 aromatic heterocycles. The number of aromatic hydroxyl groups is 1. The van der Waals surface area contributed by atoms with Gasteiger partial charge in [-0.2, -0.15) is 0 Å². The number of phenolic OH excluding ortho intramolecular Hbond substituents is 1. The number of phenols is 1. The van der Waals surface area contributed by atoms with E-state index in [9.17, 15) is 9.90 Å². The summed E-state index contributed by atoms with van der Waals surface area (Å²) in [5, 5.41) is 16.3. The summed E-state index contributed by atoms with van der Waals surface area (Å²) in [5.74, 6) is 1.15. The van der Waals surface area contributed by atoms with Crippen molar-refractivity contribution in [2.45, 2.75) is 20.0 Å². The second-order valence-corrected chi connectivity index (χ2v) is 4.95. The fourth-order valence-corrected chi connectivity index (χ4v) is 1.97. The average Bonchev–Trinajstić information content (AvgIpc) is 2.90. The molecule has 7 heteroatoms. The minimum absolute atomic E-state index is 0.0423. The van der Waals surface area contributed by atoms with Crippen LogP contribution in [0.4, 0.5) is 4.79 Å². The number of methoxy groups -OCH3 is 1. The molecule has 0 saturated heterocycles. The molecule has 0 bridgehead atoms. The van der Waals surface area contributed by atoms with Crippen LogP contribution in [0.2, 0.25) is 0 Å². The topological polar surface area (TPSA) is 87.8 Å². The van der Waals surface area contributed by atoms with Gasteiger partial charge in [0.1, 0.15) is 11.5 Å². The molecule has 2 N–H and O–H groups in total. The molecule has 118 valence electrons. The summed E-state index contributed by atoms with van der Waals surface area (Å²) < 4.78 is 9.93. The number of rotatable bonds is 5. The number of nitrogens with zero attached hydrogens (tertiary/aromatic N) is 2. The first-order valence-corrected chi connectivity index (χ1v) is 6.76. The van der Waals surface area contributed by atoms with E-state index in [1.807, 2.05) is 0 Å². The molecular weight excluding hydrogens is 286 g/mol. The van der Waals surface area contributed by atoms with Gasteiger partial charge in [-0.3, -0.25) is 0 Å². The molecule has 0 radical (unpaired) electrons. The summed E-state index contributed by atoms with van der Waals surface area (Å²) in [6.45, 7) is 2.46. The Balaban J connectivity index is 1.87. The molecule has 0 aliphatic carbocycles. The van der Waals surface area contributed by atoms with Crippen molar-refractivity contribution in [2.75, 3.05) is 14.2 Å². The summed E-state index contributed by atoms with van der Waals surface area (Å²) in [7, 11) is 3.15. The van der Waals surface area contributed by atoms with Crippen LogP contribution in [0.5, 0.6) is 11.5 Å². The smallest absolute Gasteiger partial charge is 0.317 e.